The van der Waals surface area contributed by atoms with E-state index >= 15 is 0 Å². The van der Waals surface area contributed by atoms with Crippen molar-refractivity contribution in [2.45, 2.75) is 65.7 Å². The molecule has 0 unspecified atom stereocenters. The average Bonchev–Trinajstić information content (AvgIpc) is 2.56. The van der Waals surface area contributed by atoms with Crippen molar-refractivity contribution in [2.24, 2.45) is 0 Å². The molecule has 2 aromatic rings. The van der Waals surface area contributed by atoms with Crippen molar-refractivity contribution in [2.75, 3.05) is 0 Å². The van der Waals surface area contributed by atoms with Crippen LogP contribution in [0.1, 0.15) is 55.5 Å². The third kappa shape index (κ3) is 4.44. The summed E-state index contributed by atoms with van der Waals surface area (Å²) in [6.45, 7) is 12.0. The molecule has 27 heavy (non-hydrogen) atoms. The molecule has 0 aromatic heterocycles. The molecule has 1 aliphatic heterocycles. The molecule has 4 heteroatoms. The van der Waals surface area contributed by atoms with E-state index in [0.29, 0.717) is 12.2 Å². The molecule has 1 N–H and O–H groups in total. The summed E-state index contributed by atoms with van der Waals surface area (Å²) in [6, 6.07) is 11.9. The first-order valence-electron chi connectivity index (χ1n) is 9.48. The van der Waals surface area contributed by atoms with E-state index in [0.717, 1.165) is 22.4 Å². The first-order chi connectivity index (χ1) is 12.6. The fourth-order valence-electron chi connectivity index (χ4n) is 3.42. The van der Waals surface area contributed by atoms with Crippen molar-refractivity contribution in [1.29, 1.82) is 0 Å². The zero-order chi connectivity index (χ0) is 19.8. The quantitative estimate of drug-likeness (QED) is 0.844. The molecule has 3 rings (SSSR count). The van der Waals surface area contributed by atoms with Gasteiger partial charge < -0.3 is 14.8 Å². The summed E-state index contributed by atoms with van der Waals surface area (Å²) in [4.78, 5) is 12.8. The Hall–Kier alpha value is -2.49. The Labute approximate surface area is 161 Å². The largest absolute Gasteiger partial charge is 0.487 e. The molecule has 1 heterocycles. The van der Waals surface area contributed by atoms with Crippen LogP contribution in [0.2, 0.25) is 0 Å². The number of nitrogens with one attached hydrogen (secondary N) is 1. The molecule has 0 saturated carbocycles. The lowest BCUT2D eigenvalue weighted by molar-refractivity contribution is -0.128. The number of carbonyl (C=O) groups excluding carboxylic acids is 1. The third-order valence-electron chi connectivity index (χ3n) is 5.10. The standard InChI is InChI=1S/C23H29NO3/c1-14-7-10-19-20(13-23(5,6)27-21(19)11-14)24-22(25)17(4)26-18-9-8-15(2)16(3)12-18/h7-12,17,20H,13H2,1-6H3,(H,24,25)/t17-,20+/m0/s1. The number of benzene rings is 2. The smallest absolute Gasteiger partial charge is 0.261 e. The maximum atomic E-state index is 12.8. The van der Waals surface area contributed by atoms with Crippen LogP contribution in [0.15, 0.2) is 36.4 Å². The monoisotopic (exact) mass is 367 g/mol. The van der Waals surface area contributed by atoms with E-state index in [9.17, 15) is 4.79 Å². The lowest BCUT2D eigenvalue weighted by Crippen LogP contribution is -2.44. The topological polar surface area (TPSA) is 47.6 Å². The molecule has 1 aliphatic rings. The highest BCUT2D eigenvalue weighted by atomic mass is 16.5. The predicted octanol–water partition coefficient (Wildman–Crippen LogP) is 4.80. The minimum atomic E-state index is -0.577. The van der Waals surface area contributed by atoms with Gasteiger partial charge in [-0.25, -0.2) is 0 Å². The Morgan fingerprint density at radius 3 is 2.59 bits per heavy atom. The van der Waals surface area contributed by atoms with Crippen molar-refractivity contribution < 1.29 is 14.3 Å². The first-order valence-corrected chi connectivity index (χ1v) is 9.48. The Morgan fingerprint density at radius 1 is 1.15 bits per heavy atom. The molecule has 0 fully saturated rings. The van der Waals surface area contributed by atoms with Gasteiger partial charge in [0, 0.05) is 12.0 Å². The molecule has 1 amide bonds. The minimum absolute atomic E-state index is 0.0948. The second-order valence-corrected chi connectivity index (χ2v) is 8.17. The van der Waals surface area contributed by atoms with Crippen LogP contribution in [0.4, 0.5) is 0 Å². The van der Waals surface area contributed by atoms with E-state index < -0.39 is 6.10 Å². The van der Waals surface area contributed by atoms with Gasteiger partial charge in [-0.3, -0.25) is 4.79 Å². The Bertz CT molecular complexity index is 857. The number of fused-ring (bicyclic) bond motifs is 1. The van der Waals surface area contributed by atoms with Gasteiger partial charge >= 0.3 is 0 Å². The van der Waals surface area contributed by atoms with Gasteiger partial charge in [0.2, 0.25) is 0 Å². The molecule has 0 radical (unpaired) electrons. The summed E-state index contributed by atoms with van der Waals surface area (Å²) in [7, 11) is 0. The van der Waals surface area contributed by atoms with Crippen LogP contribution in [-0.2, 0) is 4.79 Å². The van der Waals surface area contributed by atoms with E-state index in [1.807, 2.05) is 58.0 Å². The highest BCUT2D eigenvalue weighted by Gasteiger charge is 2.35. The number of amides is 1. The van der Waals surface area contributed by atoms with Crippen LogP contribution in [-0.4, -0.2) is 17.6 Å². The summed E-state index contributed by atoms with van der Waals surface area (Å²) in [6.07, 6.45) is 0.137. The predicted molar refractivity (Wildman–Crippen MR) is 107 cm³/mol. The maximum absolute atomic E-state index is 12.8. The summed E-state index contributed by atoms with van der Waals surface area (Å²) < 4.78 is 12.0. The van der Waals surface area contributed by atoms with E-state index in [-0.39, 0.29) is 17.6 Å². The molecular formula is C23H29NO3. The van der Waals surface area contributed by atoms with Crippen LogP contribution in [0.25, 0.3) is 0 Å². The second-order valence-electron chi connectivity index (χ2n) is 8.17. The molecule has 144 valence electrons. The van der Waals surface area contributed by atoms with E-state index in [2.05, 4.69) is 18.3 Å². The summed E-state index contributed by atoms with van der Waals surface area (Å²) in [5.74, 6) is 1.44. The average molecular weight is 367 g/mol. The zero-order valence-corrected chi connectivity index (χ0v) is 17.1. The first kappa shape index (κ1) is 19.3. The molecule has 0 saturated heterocycles. The third-order valence-corrected chi connectivity index (χ3v) is 5.10. The normalized spacial score (nSPS) is 18.8. The van der Waals surface area contributed by atoms with Crippen molar-refractivity contribution in [3.8, 4) is 11.5 Å². The highest BCUT2D eigenvalue weighted by Crippen LogP contribution is 2.40. The Morgan fingerprint density at radius 2 is 1.89 bits per heavy atom. The van der Waals surface area contributed by atoms with Crippen LogP contribution in [0.5, 0.6) is 11.5 Å². The van der Waals surface area contributed by atoms with E-state index in [1.165, 1.54) is 5.56 Å². The number of hydrogen-bond donors (Lipinski definition) is 1. The summed E-state index contributed by atoms with van der Waals surface area (Å²) in [5, 5.41) is 3.15. The number of hydrogen-bond acceptors (Lipinski definition) is 3. The molecule has 0 bridgehead atoms. The number of aryl methyl sites for hydroxylation is 3. The van der Waals surface area contributed by atoms with Crippen LogP contribution >= 0.6 is 0 Å². The van der Waals surface area contributed by atoms with Crippen molar-refractivity contribution >= 4 is 5.91 Å². The second kappa shape index (κ2) is 7.26. The number of ether oxygens (including phenoxy) is 2. The summed E-state index contributed by atoms with van der Waals surface area (Å²) >= 11 is 0. The van der Waals surface area contributed by atoms with Gasteiger partial charge in [-0.1, -0.05) is 18.2 Å². The minimum Gasteiger partial charge on any atom is -0.487 e. The van der Waals surface area contributed by atoms with Gasteiger partial charge in [0.05, 0.1) is 6.04 Å². The number of rotatable bonds is 4. The van der Waals surface area contributed by atoms with Gasteiger partial charge in [0.25, 0.3) is 5.91 Å². The zero-order valence-electron chi connectivity index (χ0n) is 17.1. The van der Waals surface area contributed by atoms with Gasteiger partial charge in [-0.15, -0.1) is 0 Å². The molecule has 0 aliphatic carbocycles. The van der Waals surface area contributed by atoms with E-state index in [4.69, 9.17) is 9.47 Å². The molecular weight excluding hydrogens is 338 g/mol. The maximum Gasteiger partial charge on any atom is 0.261 e. The fourth-order valence-corrected chi connectivity index (χ4v) is 3.42. The van der Waals surface area contributed by atoms with Crippen molar-refractivity contribution in [3.63, 3.8) is 0 Å². The fraction of sp³-hybridized carbons (Fsp3) is 0.435. The van der Waals surface area contributed by atoms with Gasteiger partial charge in [-0.2, -0.15) is 0 Å². The molecule has 0 spiro atoms. The lowest BCUT2D eigenvalue weighted by Gasteiger charge is -2.38. The Balaban J connectivity index is 1.74. The SMILES string of the molecule is Cc1ccc2c(c1)OC(C)(C)C[C@H]2NC(=O)[C@H](C)Oc1ccc(C)c(C)c1. The van der Waals surface area contributed by atoms with Crippen LogP contribution < -0.4 is 14.8 Å². The summed E-state index contributed by atoms with van der Waals surface area (Å²) in [5.41, 5.74) is 4.18. The molecule has 4 nitrogen and oxygen atoms in total. The number of carbonyl (C=O) groups is 1. The van der Waals surface area contributed by atoms with Crippen LogP contribution in [0, 0.1) is 20.8 Å². The molecule has 2 atom stereocenters. The highest BCUT2D eigenvalue weighted by molar-refractivity contribution is 5.81. The Kier molecular flexibility index (Phi) is 5.18. The molecule has 2 aromatic carbocycles. The van der Waals surface area contributed by atoms with Crippen molar-refractivity contribution in [3.05, 3.63) is 58.7 Å². The van der Waals surface area contributed by atoms with Gasteiger partial charge in [-0.05, 0) is 76.4 Å². The lowest BCUT2D eigenvalue weighted by atomic mass is 9.89. The van der Waals surface area contributed by atoms with Crippen molar-refractivity contribution in [1.82, 2.24) is 5.32 Å². The van der Waals surface area contributed by atoms with Gasteiger partial charge in [0.1, 0.15) is 17.1 Å². The van der Waals surface area contributed by atoms with E-state index in [1.54, 1.807) is 6.92 Å². The van der Waals surface area contributed by atoms with Crippen LogP contribution in [0.3, 0.4) is 0 Å². The van der Waals surface area contributed by atoms with Gasteiger partial charge in [0.15, 0.2) is 6.10 Å².